The fraction of sp³-hybridized carbons (Fsp3) is 0.400. The number of alkyl halides is 3. The second-order valence-electron chi connectivity index (χ2n) is 10.8. The molecule has 0 saturated carbocycles. The monoisotopic (exact) mass is 587 g/mol. The first-order valence-corrected chi connectivity index (χ1v) is 13.7. The van der Waals surface area contributed by atoms with Gasteiger partial charge in [0.1, 0.15) is 5.82 Å². The average molecular weight is 588 g/mol. The summed E-state index contributed by atoms with van der Waals surface area (Å²) in [7, 11) is 3.98. The van der Waals surface area contributed by atoms with Crippen molar-refractivity contribution in [1.82, 2.24) is 14.8 Å². The van der Waals surface area contributed by atoms with Gasteiger partial charge in [-0.05, 0) is 55.9 Å². The lowest BCUT2D eigenvalue weighted by Gasteiger charge is -2.35. The van der Waals surface area contributed by atoms with Gasteiger partial charge in [0.25, 0.3) is 5.91 Å². The van der Waals surface area contributed by atoms with E-state index >= 15 is 4.39 Å². The van der Waals surface area contributed by atoms with Crippen LogP contribution in [0.1, 0.15) is 27.9 Å². The number of amides is 1. The molecule has 2 aromatic carbocycles. The van der Waals surface area contributed by atoms with Crippen molar-refractivity contribution in [2.24, 2.45) is 0 Å². The van der Waals surface area contributed by atoms with Crippen LogP contribution in [0.25, 0.3) is 11.1 Å². The van der Waals surface area contributed by atoms with Crippen molar-refractivity contribution in [1.29, 1.82) is 0 Å². The number of pyridine rings is 1. The van der Waals surface area contributed by atoms with E-state index < -0.39 is 34.6 Å². The van der Waals surface area contributed by atoms with Crippen molar-refractivity contribution in [3.05, 3.63) is 81.5 Å². The lowest BCUT2D eigenvalue weighted by molar-refractivity contribution is -0.138. The SMILES string of the molecule is CN1CCN(c2ccc(-c3cc(CN(C)[C@H]4CCOC4)ccc3F)cc2NC(=O)c2c[nH]c(=O)cc2C(F)(F)F)CC1. The molecule has 0 bridgehead atoms. The van der Waals surface area contributed by atoms with Crippen LogP contribution in [0.15, 0.2) is 53.5 Å². The van der Waals surface area contributed by atoms with E-state index in [2.05, 4.69) is 20.1 Å². The first-order chi connectivity index (χ1) is 20.0. The summed E-state index contributed by atoms with van der Waals surface area (Å²) in [5, 5.41) is 2.62. The van der Waals surface area contributed by atoms with Crippen molar-refractivity contribution in [2.45, 2.75) is 25.2 Å². The molecule has 2 aliphatic rings. The maximum absolute atomic E-state index is 15.2. The number of carbonyl (C=O) groups is 1. The van der Waals surface area contributed by atoms with Crippen LogP contribution in [-0.2, 0) is 17.5 Å². The molecule has 3 heterocycles. The van der Waals surface area contributed by atoms with Crippen LogP contribution in [0, 0.1) is 5.82 Å². The minimum absolute atomic E-state index is 0.242. The highest BCUT2D eigenvalue weighted by atomic mass is 19.4. The number of hydrogen-bond acceptors (Lipinski definition) is 6. The summed E-state index contributed by atoms with van der Waals surface area (Å²) in [6.07, 6.45) is -3.23. The van der Waals surface area contributed by atoms with Gasteiger partial charge < -0.3 is 24.8 Å². The number of aromatic nitrogens is 1. The number of nitrogens with one attached hydrogen (secondary N) is 2. The van der Waals surface area contributed by atoms with Gasteiger partial charge in [-0.1, -0.05) is 12.1 Å². The molecular weight excluding hydrogens is 554 g/mol. The number of ether oxygens (including phenoxy) is 1. The highest BCUT2D eigenvalue weighted by molar-refractivity contribution is 6.07. The van der Waals surface area contributed by atoms with Crippen LogP contribution in [0.2, 0.25) is 0 Å². The Morgan fingerprint density at radius 3 is 2.57 bits per heavy atom. The number of hydrogen-bond donors (Lipinski definition) is 2. The highest BCUT2D eigenvalue weighted by Gasteiger charge is 2.36. The molecule has 224 valence electrons. The van der Waals surface area contributed by atoms with Gasteiger partial charge in [-0.25, -0.2) is 4.39 Å². The minimum atomic E-state index is -4.91. The Labute approximate surface area is 240 Å². The number of likely N-dealkylation sites (N-methyl/N-ethyl adjacent to an activating group) is 2. The molecule has 3 aromatic rings. The van der Waals surface area contributed by atoms with E-state index in [0.29, 0.717) is 55.7 Å². The maximum atomic E-state index is 15.2. The summed E-state index contributed by atoms with van der Waals surface area (Å²) >= 11 is 0. The van der Waals surface area contributed by atoms with Crippen molar-refractivity contribution >= 4 is 17.3 Å². The summed E-state index contributed by atoms with van der Waals surface area (Å²) in [6, 6.07) is 10.6. The molecule has 1 atom stereocenters. The fourth-order valence-corrected chi connectivity index (χ4v) is 5.39. The second-order valence-corrected chi connectivity index (χ2v) is 10.8. The first-order valence-electron chi connectivity index (χ1n) is 13.7. The molecule has 2 saturated heterocycles. The van der Waals surface area contributed by atoms with Gasteiger partial charge in [0.15, 0.2) is 0 Å². The Hall–Kier alpha value is -3.74. The zero-order valence-corrected chi connectivity index (χ0v) is 23.4. The fourth-order valence-electron chi connectivity index (χ4n) is 5.39. The van der Waals surface area contributed by atoms with Gasteiger partial charge in [-0.3, -0.25) is 14.5 Å². The molecule has 0 aliphatic carbocycles. The third kappa shape index (κ3) is 6.66. The van der Waals surface area contributed by atoms with Crippen molar-refractivity contribution in [3.63, 3.8) is 0 Å². The van der Waals surface area contributed by atoms with Gasteiger partial charge in [0, 0.05) is 63.2 Å². The van der Waals surface area contributed by atoms with Crippen molar-refractivity contribution in [2.75, 3.05) is 63.7 Å². The molecule has 42 heavy (non-hydrogen) atoms. The Morgan fingerprint density at radius 1 is 1.12 bits per heavy atom. The Morgan fingerprint density at radius 2 is 1.88 bits per heavy atom. The average Bonchev–Trinajstić information content (AvgIpc) is 3.50. The van der Waals surface area contributed by atoms with Gasteiger partial charge in [-0.15, -0.1) is 0 Å². The number of anilines is 2. The molecule has 0 radical (unpaired) electrons. The lowest BCUT2D eigenvalue weighted by atomic mass is 10.00. The Balaban J connectivity index is 1.50. The number of halogens is 4. The summed E-state index contributed by atoms with van der Waals surface area (Å²) in [5.74, 6) is -1.50. The summed E-state index contributed by atoms with van der Waals surface area (Å²) < 4.78 is 61.7. The van der Waals surface area contributed by atoms with Gasteiger partial charge in [-0.2, -0.15) is 13.2 Å². The topological polar surface area (TPSA) is 80.9 Å². The van der Waals surface area contributed by atoms with Crippen LogP contribution >= 0.6 is 0 Å². The third-order valence-electron chi connectivity index (χ3n) is 7.87. The van der Waals surface area contributed by atoms with Crippen LogP contribution in [0.4, 0.5) is 28.9 Å². The number of carbonyl (C=O) groups excluding carboxylic acids is 1. The van der Waals surface area contributed by atoms with Crippen molar-refractivity contribution in [3.8, 4) is 11.1 Å². The molecule has 12 heteroatoms. The zero-order chi connectivity index (χ0) is 30.0. The van der Waals surface area contributed by atoms with E-state index in [1.54, 1.807) is 30.3 Å². The third-order valence-corrected chi connectivity index (χ3v) is 7.87. The highest BCUT2D eigenvalue weighted by Crippen LogP contribution is 2.36. The molecule has 1 amide bonds. The predicted molar refractivity (Wildman–Crippen MR) is 152 cm³/mol. The number of aromatic amines is 1. The van der Waals surface area contributed by atoms with Crippen LogP contribution in [-0.4, -0.2) is 80.2 Å². The molecule has 5 rings (SSSR count). The van der Waals surface area contributed by atoms with Gasteiger partial charge >= 0.3 is 6.18 Å². The maximum Gasteiger partial charge on any atom is 0.417 e. The molecule has 0 unspecified atom stereocenters. The first kappa shape index (κ1) is 29.7. The van der Waals surface area contributed by atoms with Crippen LogP contribution in [0.3, 0.4) is 0 Å². The quantitative estimate of drug-likeness (QED) is 0.399. The van der Waals surface area contributed by atoms with E-state index in [9.17, 15) is 22.8 Å². The largest absolute Gasteiger partial charge is 0.417 e. The predicted octanol–water partition coefficient (Wildman–Crippen LogP) is 4.42. The Kier molecular flexibility index (Phi) is 8.67. The van der Waals surface area contributed by atoms with E-state index in [4.69, 9.17) is 4.74 Å². The molecule has 2 N–H and O–H groups in total. The standard InChI is InChI=1S/C30H33F4N5O3/c1-37-8-10-39(11-9-37)27-6-4-20(22-13-19(3-5-25(22)31)17-38(2)21-7-12-42-18-21)14-26(27)36-29(41)23-16-35-28(40)15-24(23)30(32,33)34/h3-6,13-16,21H,7-12,17-18H2,1-2H3,(H,35,40)(H,36,41)/t21-/m0/s1. The number of nitrogens with zero attached hydrogens (tertiary/aromatic N) is 3. The molecule has 2 fully saturated rings. The smallest absolute Gasteiger partial charge is 0.380 e. The second kappa shape index (κ2) is 12.2. The Bertz CT molecular complexity index is 1490. The number of H-pyrrole nitrogens is 1. The zero-order valence-electron chi connectivity index (χ0n) is 23.4. The van der Waals surface area contributed by atoms with E-state index in [1.807, 2.05) is 19.0 Å². The molecule has 2 aliphatic heterocycles. The van der Waals surface area contributed by atoms with E-state index in [-0.39, 0.29) is 11.7 Å². The number of rotatable bonds is 7. The molecular formula is C30H33F4N5O3. The minimum Gasteiger partial charge on any atom is -0.380 e. The summed E-state index contributed by atoms with van der Waals surface area (Å²) in [4.78, 5) is 33.4. The van der Waals surface area contributed by atoms with E-state index in [1.165, 1.54) is 6.07 Å². The van der Waals surface area contributed by atoms with Crippen LogP contribution in [0.5, 0.6) is 0 Å². The van der Waals surface area contributed by atoms with Crippen LogP contribution < -0.4 is 15.8 Å². The molecule has 0 spiro atoms. The number of benzene rings is 2. The van der Waals surface area contributed by atoms with E-state index in [0.717, 1.165) is 31.3 Å². The summed E-state index contributed by atoms with van der Waals surface area (Å²) in [6.45, 7) is 4.70. The van der Waals surface area contributed by atoms with Gasteiger partial charge in [0.2, 0.25) is 5.56 Å². The summed E-state index contributed by atoms with van der Waals surface area (Å²) in [5.41, 5.74) is -0.517. The lowest BCUT2D eigenvalue weighted by Crippen LogP contribution is -2.44. The van der Waals surface area contributed by atoms with Crippen molar-refractivity contribution < 1.29 is 27.1 Å². The normalized spacial score (nSPS) is 18.1. The molecule has 8 nitrogen and oxygen atoms in total. The number of piperazine rings is 1. The molecule has 1 aromatic heterocycles. The van der Waals surface area contributed by atoms with Gasteiger partial charge in [0.05, 0.1) is 29.1 Å².